The fourth-order valence-corrected chi connectivity index (χ4v) is 4.50. The van der Waals surface area contributed by atoms with Gasteiger partial charge < -0.3 is 19.1 Å². The van der Waals surface area contributed by atoms with Crippen molar-refractivity contribution < 1.29 is 14.6 Å². The van der Waals surface area contributed by atoms with Crippen LogP contribution in [0.1, 0.15) is 37.6 Å². The zero-order valence-corrected chi connectivity index (χ0v) is 20.6. The van der Waals surface area contributed by atoms with Gasteiger partial charge in [0.1, 0.15) is 29.5 Å². The summed E-state index contributed by atoms with van der Waals surface area (Å²) in [5, 5.41) is 11.6. The van der Waals surface area contributed by atoms with E-state index in [-0.39, 0.29) is 6.61 Å². The number of aryl methyl sites for hydroxylation is 2. The fraction of sp³-hybridized carbons (Fsp3) is 0.444. The molecule has 182 valence electrons. The Labute approximate surface area is 207 Å². The minimum absolute atomic E-state index is 0.281. The molecule has 0 unspecified atom stereocenters. The van der Waals surface area contributed by atoms with Crippen molar-refractivity contribution in [3.05, 3.63) is 77.3 Å². The largest absolute Gasteiger partial charge is 0.494 e. The number of benzene rings is 2. The maximum atomic E-state index is 10.9. The molecule has 2 heterocycles. The molecule has 0 bridgehead atoms. The summed E-state index contributed by atoms with van der Waals surface area (Å²) in [4.78, 5) is 6.74. The second kappa shape index (κ2) is 11.7. The van der Waals surface area contributed by atoms with E-state index in [1.54, 1.807) is 6.07 Å². The number of aliphatic hydroxyl groups is 1. The van der Waals surface area contributed by atoms with Gasteiger partial charge >= 0.3 is 0 Å². The van der Waals surface area contributed by atoms with Crippen LogP contribution < -0.4 is 9.47 Å². The smallest absolute Gasteiger partial charge is 0.120 e. The van der Waals surface area contributed by atoms with Crippen LogP contribution in [0.3, 0.4) is 0 Å². The first-order valence-electron chi connectivity index (χ1n) is 12.1. The third-order valence-corrected chi connectivity index (χ3v) is 6.56. The maximum Gasteiger partial charge on any atom is 0.120 e. The maximum absolute atomic E-state index is 10.9. The summed E-state index contributed by atoms with van der Waals surface area (Å²) in [5.41, 5.74) is 0.414. The second-order valence-corrected chi connectivity index (χ2v) is 9.42. The molecule has 2 aromatic carbocycles. The predicted molar refractivity (Wildman–Crippen MR) is 135 cm³/mol. The Bertz CT molecular complexity index is 1050. The number of nitrogens with zero attached hydrogens (tertiary/aromatic N) is 3. The molecule has 1 aliphatic rings. The van der Waals surface area contributed by atoms with Crippen LogP contribution in [0.4, 0.5) is 0 Å². The zero-order chi connectivity index (χ0) is 23.8. The molecule has 0 saturated carbocycles. The number of halogens is 1. The van der Waals surface area contributed by atoms with E-state index in [0.29, 0.717) is 30.2 Å². The third-order valence-electron chi connectivity index (χ3n) is 6.33. The van der Waals surface area contributed by atoms with Crippen molar-refractivity contribution in [3.63, 3.8) is 0 Å². The summed E-state index contributed by atoms with van der Waals surface area (Å²) in [6.07, 6.45) is 7.13. The van der Waals surface area contributed by atoms with Gasteiger partial charge in [0.05, 0.1) is 6.61 Å². The Kier molecular flexibility index (Phi) is 8.48. The van der Waals surface area contributed by atoms with E-state index in [9.17, 15) is 5.11 Å². The average molecular weight is 484 g/mol. The van der Waals surface area contributed by atoms with E-state index in [1.165, 1.54) is 5.56 Å². The summed E-state index contributed by atoms with van der Waals surface area (Å²) in [6.45, 7) is 6.49. The number of piperidine rings is 1. The SMILES string of the molecule is CCc1nccn1CCCOc1cccc(CN2CCC(O)(COc3cccc(Cl)c3)CC2)c1. The number of rotatable bonds is 11. The molecule has 34 heavy (non-hydrogen) atoms. The van der Waals surface area contributed by atoms with Crippen molar-refractivity contribution >= 4 is 11.6 Å². The number of aromatic nitrogens is 2. The van der Waals surface area contributed by atoms with Gasteiger partial charge in [0, 0.05) is 50.0 Å². The highest BCUT2D eigenvalue weighted by Crippen LogP contribution is 2.26. The highest BCUT2D eigenvalue weighted by Gasteiger charge is 2.33. The van der Waals surface area contributed by atoms with Gasteiger partial charge in [-0.15, -0.1) is 0 Å². The van der Waals surface area contributed by atoms with Crippen LogP contribution in [0.5, 0.6) is 11.5 Å². The van der Waals surface area contributed by atoms with E-state index in [1.807, 2.05) is 36.7 Å². The van der Waals surface area contributed by atoms with Gasteiger partial charge in [-0.2, -0.15) is 0 Å². The Balaban J connectivity index is 1.20. The van der Waals surface area contributed by atoms with Crippen molar-refractivity contribution in [2.45, 2.75) is 51.3 Å². The summed E-state index contributed by atoms with van der Waals surface area (Å²) >= 11 is 6.01. The van der Waals surface area contributed by atoms with Crippen molar-refractivity contribution in [2.24, 2.45) is 0 Å². The molecule has 0 aliphatic carbocycles. The Hall–Kier alpha value is -2.54. The first-order chi connectivity index (χ1) is 16.5. The van der Waals surface area contributed by atoms with Gasteiger partial charge in [-0.25, -0.2) is 4.98 Å². The molecule has 3 aromatic rings. The van der Waals surface area contributed by atoms with Crippen LogP contribution in [-0.4, -0.2) is 51.5 Å². The second-order valence-electron chi connectivity index (χ2n) is 8.99. The Morgan fingerprint density at radius 3 is 2.59 bits per heavy atom. The van der Waals surface area contributed by atoms with Gasteiger partial charge in [-0.1, -0.05) is 36.7 Å². The van der Waals surface area contributed by atoms with Crippen LogP contribution in [-0.2, 0) is 19.5 Å². The standard InChI is InChI=1S/C27H34ClN3O3/c1-2-26-29-12-16-31(26)13-5-17-33-24-8-3-6-22(18-24)20-30-14-10-27(32,11-15-30)21-34-25-9-4-7-23(28)19-25/h3-4,6-9,12,16,18-19,32H,2,5,10-11,13-15,17,20-21H2,1H3. The molecule has 7 heteroatoms. The van der Waals surface area contributed by atoms with E-state index in [2.05, 4.69) is 39.6 Å². The van der Waals surface area contributed by atoms with Crippen LogP contribution in [0.15, 0.2) is 60.9 Å². The first kappa shape index (κ1) is 24.6. The molecule has 1 aliphatic heterocycles. The average Bonchev–Trinajstić information content (AvgIpc) is 3.30. The lowest BCUT2D eigenvalue weighted by Gasteiger charge is -2.38. The highest BCUT2D eigenvalue weighted by atomic mass is 35.5. The minimum atomic E-state index is -0.809. The third kappa shape index (κ3) is 6.98. The van der Waals surface area contributed by atoms with Crippen LogP contribution >= 0.6 is 11.6 Å². The topological polar surface area (TPSA) is 59.8 Å². The molecule has 0 spiro atoms. The lowest BCUT2D eigenvalue weighted by Crippen LogP contribution is -2.47. The van der Waals surface area contributed by atoms with Gasteiger partial charge in [-0.05, 0) is 55.2 Å². The molecule has 1 aromatic heterocycles. The van der Waals surface area contributed by atoms with Gasteiger partial charge in [-0.3, -0.25) is 4.90 Å². The first-order valence-corrected chi connectivity index (χ1v) is 12.5. The molecule has 1 saturated heterocycles. The molecular weight excluding hydrogens is 450 g/mol. The lowest BCUT2D eigenvalue weighted by molar-refractivity contribution is -0.0537. The molecular formula is C27H34ClN3O3. The molecule has 0 amide bonds. The summed E-state index contributed by atoms with van der Waals surface area (Å²) in [7, 11) is 0. The molecule has 6 nitrogen and oxygen atoms in total. The van der Waals surface area contributed by atoms with Crippen molar-refractivity contribution in [2.75, 3.05) is 26.3 Å². The molecule has 1 fully saturated rings. The van der Waals surface area contributed by atoms with Gasteiger partial charge in [0.2, 0.25) is 0 Å². The van der Waals surface area contributed by atoms with Crippen LogP contribution in [0.2, 0.25) is 5.02 Å². The Morgan fingerprint density at radius 1 is 1.06 bits per heavy atom. The molecule has 0 atom stereocenters. The summed E-state index contributed by atoms with van der Waals surface area (Å²) in [5.74, 6) is 2.71. The zero-order valence-electron chi connectivity index (χ0n) is 19.8. The van der Waals surface area contributed by atoms with Gasteiger partial charge in [0.15, 0.2) is 0 Å². The van der Waals surface area contributed by atoms with E-state index >= 15 is 0 Å². The summed E-state index contributed by atoms with van der Waals surface area (Å²) < 4.78 is 14.0. The normalized spacial score (nSPS) is 15.9. The van der Waals surface area contributed by atoms with E-state index in [0.717, 1.165) is 50.6 Å². The summed E-state index contributed by atoms with van der Waals surface area (Å²) in [6, 6.07) is 15.6. The molecule has 0 radical (unpaired) electrons. The van der Waals surface area contributed by atoms with Crippen LogP contribution in [0.25, 0.3) is 0 Å². The number of hydrogen-bond donors (Lipinski definition) is 1. The van der Waals surface area contributed by atoms with E-state index in [4.69, 9.17) is 21.1 Å². The fourth-order valence-electron chi connectivity index (χ4n) is 4.32. The minimum Gasteiger partial charge on any atom is -0.494 e. The number of hydrogen-bond acceptors (Lipinski definition) is 5. The van der Waals surface area contributed by atoms with Crippen LogP contribution in [0, 0.1) is 0 Å². The predicted octanol–water partition coefficient (Wildman–Crippen LogP) is 4.97. The quantitative estimate of drug-likeness (QED) is 0.390. The number of imidazole rings is 1. The molecule has 1 N–H and O–H groups in total. The lowest BCUT2D eigenvalue weighted by atomic mass is 9.92. The Morgan fingerprint density at radius 2 is 1.82 bits per heavy atom. The molecule has 4 rings (SSSR count). The van der Waals surface area contributed by atoms with Crippen molar-refractivity contribution in [1.29, 1.82) is 0 Å². The van der Waals surface area contributed by atoms with Gasteiger partial charge in [0.25, 0.3) is 0 Å². The monoisotopic (exact) mass is 483 g/mol. The number of likely N-dealkylation sites (tertiary alicyclic amines) is 1. The van der Waals surface area contributed by atoms with Crippen molar-refractivity contribution in [3.8, 4) is 11.5 Å². The number of ether oxygens (including phenoxy) is 2. The van der Waals surface area contributed by atoms with E-state index < -0.39 is 5.60 Å². The highest BCUT2D eigenvalue weighted by molar-refractivity contribution is 6.30. The van der Waals surface area contributed by atoms with Crippen molar-refractivity contribution in [1.82, 2.24) is 14.5 Å².